The molecule has 48 heavy (non-hydrogen) atoms. The number of aromatic nitrogens is 2. The Hall–Kier alpha value is -5.60. The van der Waals surface area contributed by atoms with Gasteiger partial charge in [0.2, 0.25) is 0 Å². The Balaban J connectivity index is 0.944. The monoisotopic (exact) mass is 620 g/mol. The van der Waals surface area contributed by atoms with Crippen LogP contribution in [0, 0.1) is 0 Å². The zero-order valence-electron chi connectivity index (χ0n) is 27.3. The second-order valence-electron chi connectivity index (χ2n) is 12.8. The van der Waals surface area contributed by atoms with Crippen molar-refractivity contribution < 1.29 is 0 Å². The van der Waals surface area contributed by atoms with E-state index in [9.17, 15) is 0 Å². The zero-order valence-corrected chi connectivity index (χ0v) is 27.3. The maximum Gasteiger partial charge on any atom is 0.0491 e. The van der Waals surface area contributed by atoms with Crippen molar-refractivity contribution in [2.45, 2.75) is 38.8 Å². The van der Waals surface area contributed by atoms with E-state index in [2.05, 4.69) is 179 Å². The Morgan fingerprint density at radius 2 is 0.688 bits per heavy atom. The SMILES string of the molecule is C(=Cc1ccc2c(c1)c1ccccc1n2CCCCCCn1c2ccccc2c2cc(C=Cc3ccccc3)ccc21)c1ccccc1. The van der Waals surface area contributed by atoms with Crippen molar-refractivity contribution in [3.63, 3.8) is 0 Å². The molecule has 0 bridgehead atoms. The molecule has 0 N–H and O–H groups in total. The lowest BCUT2D eigenvalue weighted by Crippen LogP contribution is -2.00. The highest BCUT2D eigenvalue weighted by Crippen LogP contribution is 2.32. The fourth-order valence-electron chi connectivity index (χ4n) is 7.24. The van der Waals surface area contributed by atoms with Gasteiger partial charge in [0.05, 0.1) is 0 Å². The number of para-hydroxylation sites is 2. The van der Waals surface area contributed by atoms with Gasteiger partial charge < -0.3 is 9.13 Å². The molecule has 8 rings (SSSR count). The fraction of sp³-hybridized carbons (Fsp3) is 0.130. The minimum absolute atomic E-state index is 1.04. The highest BCUT2D eigenvalue weighted by atomic mass is 15.0. The van der Waals surface area contributed by atoms with Gasteiger partial charge in [0.25, 0.3) is 0 Å². The van der Waals surface area contributed by atoms with E-state index in [1.54, 1.807) is 0 Å². The summed E-state index contributed by atoms with van der Waals surface area (Å²) in [5, 5.41) is 5.36. The molecule has 6 aromatic carbocycles. The van der Waals surface area contributed by atoms with Crippen LogP contribution >= 0.6 is 0 Å². The van der Waals surface area contributed by atoms with E-state index in [1.165, 1.54) is 91.5 Å². The third-order valence-corrected chi connectivity index (χ3v) is 9.64. The fourth-order valence-corrected chi connectivity index (χ4v) is 7.24. The van der Waals surface area contributed by atoms with E-state index in [1.807, 2.05) is 0 Å². The maximum atomic E-state index is 2.53. The molecule has 0 saturated heterocycles. The summed E-state index contributed by atoms with van der Waals surface area (Å²) in [5.74, 6) is 0. The van der Waals surface area contributed by atoms with Crippen LogP contribution in [0.15, 0.2) is 146 Å². The molecule has 2 aromatic heterocycles. The summed E-state index contributed by atoms with van der Waals surface area (Å²) in [6.07, 6.45) is 13.6. The standard InChI is InChI=1S/C46H40N2/c1(13-31-47-43-21-11-9-19-39(43)41-33-37(27-29-45(41)47)25-23-35-15-5-3-6-16-35)2-14-32-48-44-22-12-10-20-40(44)42-34-38(28-30-46(42)48)26-24-36-17-7-4-8-18-36/h3-12,15-30,33-34H,1-2,13-14,31-32H2. The van der Waals surface area contributed by atoms with E-state index in [4.69, 9.17) is 0 Å². The Morgan fingerprint density at radius 3 is 1.15 bits per heavy atom. The second kappa shape index (κ2) is 13.6. The van der Waals surface area contributed by atoms with Crippen LogP contribution in [0.4, 0.5) is 0 Å². The van der Waals surface area contributed by atoms with Gasteiger partial charge in [0.1, 0.15) is 0 Å². The van der Waals surface area contributed by atoms with E-state index < -0.39 is 0 Å². The minimum Gasteiger partial charge on any atom is -0.340 e. The molecule has 234 valence electrons. The molecule has 0 aliphatic rings. The summed E-state index contributed by atoms with van der Waals surface area (Å²) in [6, 6.07) is 52.6. The molecule has 0 fully saturated rings. The number of unbranched alkanes of at least 4 members (excludes halogenated alkanes) is 3. The van der Waals surface area contributed by atoms with Gasteiger partial charge >= 0.3 is 0 Å². The van der Waals surface area contributed by atoms with E-state index >= 15 is 0 Å². The van der Waals surface area contributed by atoms with Crippen molar-refractivity contribution in [1.29, 1.82) is 0 Å². The normalized spacial score (nSPS) is 12.1. The zero-order chi connectivity index (χ0) is 32.1. The molecule has 0 aliphatic heterocycles. The number of aryl methyl sites for hydroxylation is 2. The van der Waals surface area contributed by atoms with Gasteiger partial charge in [-0.3, -0.25) is 0 Å². The maximum absolute atomic E-state index is 2.53. The predicted molar refractivity (Wildman–Crippen MR) is 208 cm³/mol. The summed E-state index contributed by atoms with van der Waals surface area (Å²) in [7, 11) is 0. The second-order valence-corrected chi connectivity index (χ2v) is 12.8. The van der Waals surface area contributed by atoms with E-state index in [0.29, 0.717) is 0 Å². The van der Waals surface area contributed by atoms with Gasteiger partial charge in [-0.05, 0) is 71.5 Å². The van der Waals surface area contributed by atoms with Crippen molar-refractivity contribution >= 4 is 67.9 Å². The Bertz CT molecular complexity index is 2220. The first-order valence-corrected chi connectivity index (χ1v) is 17.3. The Labute approximate surface area is 282 Å². The molecule has 0 amide bonds. The first kappa shape index (κ1) is 29.8. The van der Waals surface area contributed by atoms with E-state index in [-0.39, 0.29) is 0 Å². The lowest BCUT2D eigenvalue weighted by Gasteiger charge is -2.10. The van der Waals surface area contributed by atoms with Crippen LogP contribution in [0.25, 0.3) is 67.9 Å². The van der Waals surface area contributed by atoms with Crippen LogP contribution in [0.3, 0.4) is 0 Å². The van der Waals surface area contributed by atoms with Crippen molar-refractivity contribution in [3.8, 4) is 0 Å². The molecule has 0 radical (unpaired) electrons. The van der Waals surface area contributed by atoms with Gasteiger partial charge in [0, 0.05) is 56.7 Å². The summed E-state index contributed by atoms with van der Waals surface area (Å²) in [4.78, 5) is 0. The van der Waals surface area contributed by atoms with Crippen LogP contribution in [0.2, 0.25) is 0 Å². The smallest absolute Gasteiger partial charge is 0.0491 e. The lowest BCUT2D eigenvalue weighted by atomic mass is 10.1. The number of rotatable bonds is 11. The molecular weight excluding hydrogens is 581 g/mol. The molecule has 8 aromatic rings. The first-order valence-electron chi connectivity index (χ1n) is 17.3. The number of nitrogens with zero attached hydrogens (tertiary/aromatic N) is 2. The van der Waals surface area contributed by atoms with Crippen molar-refractivity contribution in [2.75, 3.05) is 0 Å². The predicted octanol–water partition coefficient (Wildman–Crippen LogP) is 12.5. The van der Waals surface area contributed by atoms with Gasteiger partial charge in [0.15, 0.2) is 0 Å². The largest absolute Gasteiger partial charge is 0.340 e. The molecule has 0 atom stereocenters. The van der Waals surface area contributed by atoms with Gasteiger partial charge in [-0.15, -0.1) is 0 Å². The highest BCUT2D eigenvalue weighted by Gasteiger charge is 2.12. The quantitative estimate of drug-likeness (QED) is 0.101. The number of hydrogen-bond donors (Lipinski definition) is 0. The summed E-state index contributed by atoms with van der Waals surface area (Å²) in [6.45, 7) is 2.08. The highest BCUT2D eigenvalue weighted by molar-refractivity contribution is 6.09. The van der Waals surface area contributed by atoms with Gasteiger partial charge in [-0.1, -0.05) is 146 Å². The third kappa shape index (κ3) is 6.10. The average molecular weight is 621 g/mol. The molecule has 2 heteroatoms. The number of fused-ring (bicyclic) bond motifs is 6. The van der Waals surface area contributed by atoms with Crippen molar-refractivity contribution in [1.82, 2.24) is 9.13 Å². The topological polar surface area (TPSA) is 9.86 Å². The number of benzene rings is 6. The van der Waals surface area contributed by atoms with E-state index in [0.717, 1.165) is 13.1 Å². The molecule has 0 saturated carbocycles. The molecule has 0 spiro atoms. The first-order chi connectivity index (χ1) is 23.8. The van der Waals surface area contributed by atoms with Crippen LogP contribution < -0.4 is 0 Å². The number of hydrogen-bond acceptors (Lipinski definition) is 0. The molecule has 2 heterocycles. The van der Waals surface area contributed by atoms with Gasteiger partial charge in [-0.2, -0.15) is 0 Å². The Kier molecular flexibility index (Phi) is 8.46. The summed E-state index contributed by atoms with van der Waals surface area (Å²) >= 11 is 0. The van der Waals surface area contributed by atoms with Gasteiger partial charge in [-0.25, -0.2) is 0 Å². The molecule has 0 unspecified atom stereocenters. The summed E-state index contributed by atoms with van der Waals surface area (Å²) in [5.41, 5.74) is 10.2. The van der Waals surface area contributed by atoms with Crippen LogP contribution in [-0.4, -0.2) is 9.13 Å². The van der Waals surface area contributed by atoms with Crippen LogP contribution in [0.5, 0.6) is 0 Å². The minimum atomic E-state index is 1.04. The van der Waals surface area contributed by atoms with Crippen LogP contribution in [0.1, 0.15) is 47.9 Å². The lowest BCUT2D eigenvalue weighted by molar-refractivity contribution is 0.559. The molecule has 2 nitrogen and oxygen atoms in total. The molecule has 0 aliphatic carbocycles. The third-order valence-electron chi connectivity index (χ3n) is 9.64. The summed E-state index contributed by atoms with van der Waals surface area (Å²) < 4.78 is 5.07. The average Bonchev–Trinajstić information content (AvgIpc) is 3.63. The van der Waals surface area contributed by atoms with Crippen LogP contribution in [-0.2, 0) is 13.1 Å². The Morgan fingerprint density at radius 1 is 0.312 bits per heavy atom. The van der Waals surface area contributed by atoms with Crippen molar-refractivity contribution in [2.24, 2.45) is 0 Å². The molecular formula is C46H40N2. The van der Waals surface area contributed by atoms with Crippen molar-refractivity contribution in [3.05, 3.63) is 168 Å².